The second-order valence-electron chi connectivity index (χ2n) is 3.05. The summed E-state index contributed by atoms with van der Waals surface area (Å²) in [6, 6.07) is 2.63. The largest absolute Gasteiger partial charge is 0.480 e. The third kappa shape index (κ3) is 4.48. The minimum atomic E-state index is -0.988. The van der Waals surface area contributed by atoms with Crippen LogP contribution in [0, 0.1) is 0 Å². The van der Waals surface area contributed by atoms with Gasteiger partial charge in [-0.15, -0.1) is 0 Å². The maximum absolute atomic E-state index is 10.3. The summed E-state index contributed by atoms with van der Waals surface area (Å²) >= 11 is 2.97. The van der Waals surface area contributed by atoms with Gasteiger partial charge in [0.2, 0.25) is 0 Å². The summed E-state index contributed by atoms with van der Waals surface area (Å²) in [5.41, 5.74) is 6.72. The van der Waals surface area contributed by atoms with Crippen molar-refractivity contribution >= 4 is 34.9 Å². The fraction of sp³-hybridized carbons (Fsp3) is 0.0909. The highest BCUT2D eigenvalue weighted by Gasteiger charge is 2.13. The Kier molecular flexibility index (Phi) is 5.55. The molecule has 0 aliphatic carbocycles. The maximum atomic E-state index is 10.3. The highest BCUT2D eigenvalue weighted by atomic mass is 32.1. The average Bonchev–Trinajstić information content (AvgIpc) is 3.01. The lowest BCUT2D eigenvalue weighted by molar-refractivity contribution is -0.138. The van der Waals surface area contributed by atoms with Gasteiger partial charge in [0, 0.05) is 10.9 Å². The quantitative estimate of drug-likeness (QED) is 0.838. The second-order valence-corrected chi connectivity index (χ2v) is 4.61. The first-order valence-electron chi connectivity index (χ1n) is 4.63. The van der Waals surface area contributed by atoms with E-state index in [4.69, 9.17) is 10.8 Å². The van der Waals surface area contributed by atoms with Crippen LogP contribution in [-0.4, -0.2) is 17.4 Å². The van der Waals surface area contributed by atoms with Gasteiger partial charge in [-0.1, -0.05) is 0 Å². The summed E-state index contributed by atoms with van der Waals surface area (Å²) in [7, 11) is 0. The van der Waals surface area contributed by atoms with E-state index in [1.807, 2.05) is 10.8 Å². The van der Waals surface area contributed by atoms with E-state index in [9.17, 15) is 9.59 Å². The van der Waals surface area contributed by atoms with Gasteiger partial charge in [-0.2, -0.15) is 22.7 Å². The molecule has 0 aromatic carbocycles. The summed E-state index contributed by atoms with van der Waals surface area (Å²) < 4.78 is 0. The number of carbonyl (C=O) groups is 2. The Morgan fingerprint density at radius 3 is 2.29 bits per heavy atom. The van der Waals surface area contributed by atoms with Crippen molar-refractivity contribution in [1.82, 2.24) is 0 Å². The van der Waals surface area contributed by atoms with E-state index in [0.717, 1.165) is 11.8 Å². The van der Waals surface area contributed by atoms with Crippen LogP contribution >= 0.6 is 22.7 Å². The third-order valence-corrected chi connectivity index (χ3v) is 3.25. The molecule has 1 unspecified atom stereocenters. The maximum Gasteiger partial charge on any atom is 0.325 e. The fourth-order valence-electron chi connectivity index (χ4n) is 0.937. The molecule has 90 valence electrons. The van der Waals surface area contributed by atoms with Crippen molar-refractivity contribution in [3.8, 4) is 0 Å². The molecular weight excluding hydrogens is 258 g/mol. The number of carbonyl (C=O) groups excluding carboxylic acids is 1. The summed E-state index contributed by atoms with van der Waals surface area (Å²) in [6.07, 6.45) is 0.844. The Balaban J connectivity index is 0.000000181. The van der Waals surface area contributed by atoms with E-state index in [-0.39, 0.29) is 0 Å². The van der Waals surface area contributed by atoms with Crippen molar-refractivity contribution in [3.63, 3.8) is 0 Å². The number of hydrogen-bond acceptors (Lipinski definition) is 5. The molecule has 0 saturated carbocycles. The number of thiophene rings is 2. The predicted molar refractivity (Wildman–Crippen MR) is 68.6 cm³/mol. The smallest absolute Gasteiger partial charge is 0.325 e. The Morgan fingerprint density at radius 1 is 1.29 bits per heavy atom. The Hall–Kier alpha value is -1.50. The molecule has 2 heterocycles. The van der Waals surface area contributed by atoms with Crippen molar-refractivity contribution < 1.29 is 14.7 Å². The highest BCUT2D eigenvalue weighted by molar-refractivity contribution is 7.08. The number of aldehydes is 1. The molecule has 2 aromatic heterocycles. The molecule has 6 heteroatoms. The Morgan fingerprint density at radius 2 is 1.94 bits per heavy atom. The third-order valence-electron chi connectivity index (χ3n) is 1.85. The molecule has 3 N–H and O–H groups in total. The first-order valence-corrected chi connectivity index (χ1v) is 6.51. The van der Waals surface area contributed by atoms with Crippen molar-refractivity contribution in [2.45, 2.75) is 6.04 Å². The number of hydrogen-bond donors (Lipinski definition) is 2. The molecule has 0 amide bonds. The van der Waals surface area contributed by atoms with Crippen LogP contribution in [0.15, 0.2) is 33.7 Å². The molecule has 0 radical (unpaired) electrons. The van der Waals surface area contributed by atoms with Gasteiger partial charge < -0.3 is 10.8 Å². The van der Waals surface area contributed by atoms with Crippen LogP contribution in [0.3, 0.4) is 0 Å². The molecule has 0 aliphatic heterocycles. The topological polar surface area (TPSA) is 80.4 Å². The molecular formula is C11H11NO3S2. The van der Waals surface area contributed by atoms with Crippen LogP contribution in [-0.2, 0) is 4.79 Å². The van der Waals surface area contributed by atoms with Gasteiger partial charge >= 0.3 is 5.97 Å². The molecule has 2 aromatic rings. The van der Waals surface area contributed by atoms with E-state index in [1.54, 1.807) is 22.9 Å². The van der Waals surface area contributed by atoms with Gasteiger partial charge in [0.1, 0.15) is 6.04 Å². The SMILES string of the molecule is NC(C(=O)O)c1ccsc1.O=Cc1ccsc1. The van der Waals surface area contributed by atoms with Gasteiger partial charge in [-0.3, -0.25) is 9.59 Å². The molecule has 0 saturated heterocycles. The molecule has 0 spiro atoms. The lowest BCUT2D eigenvalue weighted by Gasteiger charge is -2.00. The minimum absolute atomic E-state index is 0.664. The number of rotatable bonds is 3. The summed E-state index contributed by atoms with van der Waals surface area (Å²) in [5.74, 6) is -0.988. The molecule has 4 nitrogen and oxygen atoms in total. The zero-order chi connectivity index (χ0) is 12.7. The molecule has 0 bridgehead atoms. The van der Waals surface area contributed by atoms with Crippen LogP contribution < -0.4 is 5.73 Å². The molecule has 2 rings (SSSR count). The molecule has 1 atom stereocenters. The average molecular weight is 269 g/mol. The molecule has 0 fully saturated rings. The predicted octanol–water partition coefficient (Wildman–Crippen LogP) is 2.39. The fourth-order valence-corrected chi connectivity index (χ4v) is 2.24. The van der Waals surface area contributed by atoms with Gasteiger partial charge in [0.25, 0.3) is 0 Å². The van der Waals surface area contributed by atoms with Crippen molar-refractivity contribution in [1.29, 1.82) is 0 Å². The second kappa shape index (κ2) is 6.95. The van der Waals surface area contributed by atoms with Gasteiger partial charge in [0.15, 0.2) is 6.29 Å². The zero-order valence-electron chi connectivity index (χ0n) is 8.78. The first-order chi connectivity index (χ1) is 8.15. The number of carboxylic acids is 1. The normalized spacial score (nSPS) is 11.1. The highest BCUT2D eigenvalue weighted by Crippen LogP contribution is 2.13. The minimum Gasteiger partial charge on any atom is -0.480 e. The summed E-state index contributed by atoms with van der Waals surface area (Å²) in [4.78, 5) is 20.2. The van der Waals surface area contributed by atoms with Crippen LogP contribution in [0.5, 0.6) is 0 Å². The molecule has 0 aliphatic rings. The standard InChI is InChI=1S/C6H7NO2S.C5H4OS/c7-5(6(8)9)4-1-2-10-3-4;6-3-5-1-2-7-4-5/h1-3,5H,7H2,(H,8,9);1-4H. The lowest BCUT2D eigenvalue weighted by atomic mass is 10.2. The number of aliphatic carboxylic acids is 1. The van der Waals surface area contributed by atoms with E-state index < -0.39 is 12.0 Å². The Bertz CT molecular complexity index is 451. The van der Waals surface area contributed by atoms with Crippen molar-refractivity contribution in [3.05, 3.63) is 44.8 Å². The zero-order valence-corrected chi connectivity index (χ0v) is 10.4. The van der Waals surface area contributed by atoms with Gasteiger partial charge in [-0.05, 0) is 33.8 Å². The van der Waals surface area contributed by atoms with E-state index in [0.29, 0.717) is 5.56 Å². The number of carboxylic acid groups (broad SMARTS) is 1. The van der Waals surface area contributed by atoms with E-state index >= 15 is 0 Å². The summed E-state index contributed by atoms with van der Waals surface area (Å²) in [5, 5.41) is 15.7. The van der Waals surface area contributed by atoms with Crippen molar-refractivity contribution in [2.24, 2.45) is 5.73 Å². The van der Waals surface area contributed by atoms with E-state index in [1.165, 1.54) is 22.7 Å². The monoisotopic (exact) mass is 269 g/mol. The lowest BCUT2D eigenvalue weighted by Crippen LogP contribution is -2.19. The molecule has 17 heavy (non-hydrogen) atoms. The summed E-state index contributed by atoms with van der Waals surface area (Å²) in [6.45, 7) is 0. The van der Waals surface area contributed by atoms with Crippen molar-refractivity contribution in [2.75, 3.05) is 0 Å². The van der Waals surface area contributed by atoms with E-state index in [2.05, 4.69) is 0 Å². The Labute approximate surface area is 106 Å². The van der Waals surface area contributed by atoms with Crippen LogP contribution in [0.25, 0.3) is 0 Å². The van der Waals surface area contributed by atoms with Gasteiger partial charge in [0.05, 0.1) is 0 Å². The van der Waals surface area contributed by atoms with Gasteiger partial charge in [-0.25, -0.2) is 0 Å². The van der Waals surface area contributed by atoms with Crippen LogP contribution in [0.4, 0.5) is 0 Å². The number of nitrogens with two attached hydrogens (primary N) is 1. The first kappa shape index (κ1) is 13.6. The van der Waals surface area contributed by atoms with Crippen LogP contribution in [0.1, 0.15) is 22.0 Å². The van der Waals surface area contributed by atoms with Crippen LogP contribution in [0.2, 0.25) is 0 Å².